The van der Waals surface area contributed by atoms with Crippen LogP contribution in [-0.2, 0) is 4.74 Å². The zero-order valence-electron chi connectivity index (χ0n) is 6.98. The molecule has 0 amide bonds. The van der Waals surface area contributed by atoms with Crippen molar-refractivity contribution in [3.05, 3.63) is 29.3 Å². The zero-order valence-corrected chi connectivity index (χ0v) is 6.98. The van der Waals surface area contributed by atoms with E-state index in [0.29, 0.717) is 16.9 Å². The van der Waals surface area contributed by atoms with Gasteiger partial charge in [-0.15, -0.1) is 0 Å². The van der Waals surface area contributed by atoms with Gasteiger partial charge in [0.05, 0.1) is 12.7 Å². The second-order valence-electron chi connectivity index (χ2n) is 2.71. The summed E-state index contributed by atoms with van der Waals surface area (Å²) >= 11 is 0. The van der Waals surface area contributed by atoms with Crippen molar-refractivity contribution in [2.75, 3.05) is 7.11 Å². The molecule has 1 aliphatic rings. The van der Waals surface area contributed by atoms with Gasteiger partial charge in [-0.2, -0.15) is 0 Å². The SMILES string of the molecule is COc1ccc2c(c1)[C@@H](O)OC2=O. The molecule has 0 spiro atoms. The minimum Gasteiger partial charge on any atom is -0.497 e. The summed E-state index contributed by atoms with van der Waals surface area (Å²) in [6.45, 7) is 0. The second-order valence-corrected chi connectivity index (χ2v) is 2.71. The maximum atomic E-state index is 11.1. The van der Waals surface area contributed by atoms with Crippen LogP contribution in [-0.4, -0.2) is 18.2 Å². The molecule has 0 aromatic heterocycles. The summed E-state index contributed by atoms with van der Waals surface area (Å²) in [6, 6.07) is 4.82. The van der Waals surface area contributed by atoms with E-state index in [1.54, 1.807) is 18.2 Å². The smallest absolute Gasteiger partial charge is 0.341 e. The van der Waals surface area contributed by atoms with Gasteiger partial charge in [-0.05, 0) is 18.2 Å². The van der Waals surface area contributed by atoms with E-state index in [-0.39, 0.29) is 0 Å². The highest BCUT2D eigenvalue weighted by Crippen LogP contribution is 2.31. The summed E-state index contributed by atoms with van der Waals surface area (Å²) in [4.78, 5) is 11.1. The van der Waals surface area contributed by atoms with Gasteiger partial charge in [-0.3, -0.25) is 0 Å². The average Bonchev–Trinajstić information content (AvgIpc) is 2.42. The number of carbonyl (C=O) groups is 1. The highest BCUT2D eigenvalue weighted by Gasteiger charge is 2.29. The first-order valence-corrected chi connectivity index (χ1v) is 3.79. The molecular weight excluding hydrogens is 172 g/mol. The fourth-order valence-electron chi connectivity index (χ4n) is 1.29. The summed E-state index contributed by atoms with van der Waals surface area (Å²) in [7, 11) is 1.52. The largest absolute Gasteiger partial charge is 0.497 e. The number of methoxy groups -OCH3 is 1. The van der Waals surface area contributed by atoms with Crippen molar-refractivity contribution in [2.24, 2.45) is 0 Å². The van der Waals surface area contributed by atoms with Crippen LogP contribution in [0.5, 0.6) is 5.75 Å². The lowest BCUT2D eigenvalue weighted by Gasteiger charge is -2.03. The molecule has 0 aliphatic carbocycles. The molecule has 1 heterocycles. The Kier molecular flexibility index (Phi) is 1.70. The number of cyclic esters (lactones) is 1. The molecule has 2 rings (SSSR count). The number of rotatable bonds is 1. The quantitative estimate of drug-likeness (QED) is 0.651. The van der Waals surface area contributed by atoms with Gasteiger partial charge in [0.15, 0.2) is 0 Å². The lowest BCUT2D eigenvalue weighted by molar-refractivity contribution is -0.0548. The fourth-order valence-corrected chi connectivity index (χ4v) is 1.29. The van der Waals surface area contributed by atoms with Gasteiger partial charge >= 0.3 is 5.97 Å². The molecule has 0 fully saturated rings. The van der Waals surface area contributed by atoms with Gasteiger partial charge in [0.1, 0.15) is 5.75 Å². The van der Waals surface area contributed by atoms with E-state index in [0.717, 1.165) is 0 Å². The van der Waals surface area contributed by atoms with Crippen molar-refractivity contribution in [1.29, 1.82) is 0 Å². The molecule has 0 radical (unpaired) electrons. The van der Waals surface area contributed by atoms with Crippen LogP contribution in [0.1, 0.15) is 22.2 Å². The number of esters is 1. The van der Waals surface area contributed by atoms with Gasteiger partial charge in [0.25, 0.3) is 0 Å². The highest BCUT2D eigenvalue weighted by atomic mass is 16.6. The van der Waals surface area contributed by atoms with Crippen molar-refractivity contribution >= 4 is 5.97 Å². The average molecular weight is 180 g/mol. The number of ether oxygens (including phenoxy) is 2. The molecule has 0 saturated carbocycles. The number of aliphatic hydroxyl groups is 1. The van der Waals surface area contributed by atoms with Crippen LogP contribution in [0.4, 0.5) is 0 Å². The number of hydrogen-bond donors (Lipinski definition) is 1. The monoisotopic (exact) mass is 180 g/mol. The first-order chi connectivity index (χ1) is 6.22. The van der Waals surface area contributed by atoms with E-state index in [1.807, 2.05) is 0 Å². The molecule has 1 aliphatic heterocycles. The maximum Gasteiger partial charge on any atom is 0.341 e. The number of fused-ring (bicyclic) bond motifs is 1. The third kappa shape index (κ3) is 1.15. The zero-order chi connectivity index (χ0) is 9.42. The van der Waals surface area contributed by atoms with Crippen LogP contribution in [0.25, 0.3) is 0 Å². The molecule has 0 unspecified atom stereocenters. The Balaban J connectivity index is 2.52. The predicted octanol–water partition coefficient (Wildman–Crippen LogP) is 0.856. The van der Waals surface area contributed by atoms with Crippen LogP contribution in [0.3, 0.4) is 0 Å². The first-order valence-electron chi connectivity index (χ1n) is 3.79. The Morgan fingerprint density at radius 3 is 3.00 bits per heavy atom. The fraction of sp³-hybridized carbons (Fsp3) is 0.222. The number of hydrogen-bond acceptors (Lipinski definition) is 4. The summed E-state index contributed by atoms with van der Waals surface area (Å²) in [6.07, 6.45) is -1.16. The second kappa shape index (κ2) is 2.74. The summed E-state index contributed by atoms with van der Waals surface area (Å²) < 4.78 is 9.54. The summed E-state index contributed by atoms with van der Waals surface area (Å²) in [5.41, 5.74) is 0.859. The summed E-state index contributed by atoms with van der Waals surface area (Å²) in [5, 5.41) is 9.27. The Labute approximate surface area is 74.7 Å². The molecule has 1 aromatic carbocycles. The van der Waals surface area contributed by atoms with Crippen molar-refractivity contribution in [3.63, 3.8) is 0 Å². The predicted molar refractivity (Wildman–Crippen MR) is 43.4 cm³/mol. The van der Waals surface area contributed by atoms with E-state index < -0.39 is 12.3 Å². The Morgan fingerprint density at radius 2 is 2.31 bits per heavy atom. The highest BCUT2D eigenvalue weighted by molar-refractivity contribution is 5.94. The van der Waals surface area contributed by atoms with Crippen molar-refractivity contribution < 1.29 is 19.4 Å². The number of benzene rings is 1. The first kappa shape index (κ1) is 8.07. The molecule has 1 N–H and O–H groups in total. The van der Waals surface area contributed by atoms with Crippen LogP contribution < -0.4 is 4.74 Å². The maximum absolute atomic E-state index is 11.1. The van der Waals surface area contributed by atoms with Crippen LogP contribution in [0.2, 0.25) is 0 Å². The number of carbonyl (C=O) groups excluding carboxylic acids is 1. The summed E-state index contributed by atoms with van der Waals surface area (Å²) in [5.74, 6) is 0.0984. The number of aliphatic hydroxyl groups excluding tert-OH is 1. The van der Waals surface area contributed by atoms with E-state index in [4.69, 9.17) is 4.74 Å². The van der Waals surface area contributed by atoms with Crippen LogP contribution in [0, 0.1) is 0 Å². The Morgan fingerprint density at radius 1 is 1.54 bits per heavy atom. The minimum atomic E-state index is -1.16. The van der Waals surface area contributed by atoms with Gasteiger partial charge in [0, 0.05) is 5.56 Å². The van der Waals surface area contributed by atoms with Crippen molar-refractivity contribution in [3.8, 4) is 5.75 Å². The molecule has 0 bridgehead atoms. The molecule has 1 aromatic rings. The third-order valence-electron chi connectivity index (χ3n) is 1.96. The standard InChI is InChI=1S/C9H8O4/c1-12-5-2-3-6-7(4-5)9(11)13-8(6)10/h2-4,9,11H,1H3/t9-/m0/s1. The van der Waals surface area contributed by atoms with Crippen molar-refractivity contribution in [2.45, 2.75) is 6.29 Å². The van der Waals surface area contributed by atoms with E-state index >= 15 is 0 Å². The molecular formula is C9H8O4. The molecule has 4 heteroatoms. The topological polar surface area (TPSA) is 55.8 Å². The Hall–Kier alpha value is -1.55. The van der Waals surface area contributed by atoms with Crippen LogP contribution in [0.15, 0.2) is 18.2 Å². The van der Waals surface area contributed by atoms with Gasteiger partial charge in [0.2, 0.25) is 6.29 Å². The molecule has 13 heavy (non-hydrogen) atoms. The van der Waals surface area contributed by atoms with Crippen molar-refractivity contribution in [1.82, 2.24) is 0 Å². The van der Waals surface area contributed by atoms with Gasteiger partial charge < -0.3 is 14.6 Å². The molecule has 4 nitrogen and oxygen atoms in total. The normalized spacial score (nSPS) is 19.5. The van der Waals surface area contributed by atoms with E-state index in [2.05, 4.69) is 4.74 Å². The Bertz CT molecular complexity index is 359. The molecule has 68 valence electrons. The lowest BCUT2D eigenvalue weighted by atomic mass is 10.1. The lowest BCUT2D eigenvalue weighted by Crippen LogP contribution is -1.95. The minimum absolute atomic E-state index is 0.397. The van der Waals surface area contributed by atoms with E-state index in [9.17, 15) is 9.90 Å². The van der Waals surface area contributed by atoms with E-state index in [1.165, 1.54) is 7.11 Å². The van der Waals surface area contributed by atoms with Crippen LogP contribution >= 0.6 is 0 Å². The van der Waals surface area contributed by atoms with Gasteiger partial charge in [-0.25, -0.2) is 4.79 Å². The molecule has 0 saturated heterocycles. The van der Waals surface area contributed by atoms with Gasteiger partial charge in [-0.1, -0.05) is 0 Å². The molecule has 1 atom stereocenters. The third-order valence-corrected chi connectivity index (χ3v) is 1.96.